The number of H-pyrrole nitrogens is 1. The molecule has 0 aliphatic carbocycles. The lowest BCUT2D eigenvalue weighted by atomic mass is 9.99. The van der Waals surface area contributed by atoms with E-state index in [2.05, 4.69) is 40.7 Å². The van der Waals surface area contributed by atoms with Gasteiger partial charge >= 0.3 is 0 Å². The zero-order valence-electron chi connectivity index (χ0n) is 17.0. The van der Waals surface area contributed by atoms with E-state index in [1.165, 1.54) is 0 Å². The molecule has 1 aromatic carbocycles. The van der Waals surface area contributed by atoms with Crippen molar-refractivity contribution in [1.82, 2.24) is 19.7 Å². The molecule has 0 fully saturated rings. The summed E-state index contributed by atoms with van der Waals surface area (Å²) in [6.07, 6.45) is 4.68. The van der Waals surface area contributed by atoms with Crippen LogP contribution < -0.4 is 0 Å². The van der Waals surface area contributed by atoms with Gasteiger partial charge in [0.15, 0.2) is 0 Å². The number of aromatic amines is 1. The number of imidazole rings is 1. The summed E-state index contributed by atoms with van der Waals surface area (Å²) in [5.74, 6) is 0. The van der Waals surface area contributed by atoms with Crippen LogP contribution in [0.3, 0.4) is 0 Å². The van der Waals surface area contributed by atoms with Gasteiger partial charge in [-0.1, -0.05) is 30.3 Å². The quantitative estimate of drug-likeness (QED) is 0.614. The molecule has 144 valence electrons. The highest BCUT2D eigenvalue weighted by atomic mass is 16.3. The first-order valence-electron chi connectivity index (χ1n) is 9.64. The van der Waals surface area contributed by atoms with Crippen molar-refractivity contribution in [2.45, 2.75) is 65.5 Å². The molecule has 0 saturated heterocycles. The van der Waals surface area contributed by atoms with Gasteiger partial charge in [-0.15, -0.1) is 0 Å². The molecule has 0 bridgehead atoms. The predicted octanol–water partition coefficient (Wildman–Crippen LogP) is 5.06. The number of nitrogens with one attached hydrogen (secondary N) is 1. The molecule has 0 radical (unpaired) electrons. The number of rotatable bonds is 7. The summed E-state index contributed by atoms with van der Waals surface area (Å²) in [7, 11) is 0. The van der Waals surface area contributed by atoms with Crippen molar-refractivity contribution < 1.29 is 5.11 Å². The van der Waals surface area contributed by atoms with E-state index >= 15 is 0 Å². The lowest BCUT2D eigenvalue weighted by Crippen LogP contribution is -2.18. The number of nitrogens with zero attached hydrogens (tertiary/aromatic N) is 3. The van der Waals surface area contributed by atoms with Crippen LogP contribution >= 0.6 is 0 Å². The van der Waals surface area contributed by atoms with Crippen molar-refractivity contribution in [2.75, 3.05) is 0 Å². The van der Waals surface area contributed by atoms with Gasteiger partial charge in [0.05, 0.1) is 29.0 Å². The molecule has 0 aliphatic heterocycles. The molecular weight excluding hydrogens is 336 g/mol. The van der Waals surface area contributed by atoms with Crippen LogP contribution in [0.5, 0.6) is 0 Å². The third-order valence-corrected chi connectivity index (χ3v) is 5.09. The highest BCUT2D eigenvalue weighted by molar-refractivity contribution is 5.81. The Morgan fingerprint density at radius 3 is 2.48 bits per heavy atom. The van der Waals surface area contributed by atoms with E-state index in [0.717, 1.165) is 53.2 Å². The van der Waals surface area contributed by atoms with E-state index in [4.69, 9.17) is 4.98 Å². The first-order valence-corrected chi connectivity index (χ1v) is 9.64. The highest BCUT2D eigenvalue weighted by Crippen LogP contribution is 2.37. The molecule has 5 nitrogen and oxygen atoms in total. The molecule has 2 heterocycles. The summed E-state index contributed by atoms with van der Waals surface area (Å²) in [5.41, 5.74) is 5.74. The molecule has 2 aromatic heterocycles. The normalized spacial score (nSPS) is 13.1. The van der Waals surface area contributed by atoms with E-state index < -0.39 is 5.60 Å². The molecule has 0 saturated carbocycles. The smallest absolute Gasteiger partial charge is 0.0964 e. The maximum absolute atomic E-state index is 10.00. The monoisotopic (exact) mass is 366 g/mol. The zero-order valence-corrected chi connectivity index (χ0v) is 17.0. The molecule has 3 aromatic rings. The Labute approximate surface area is 161 Å². The number of aryl methyl sites for hydroxylation is 2. The fraction of sp³-hybridized carbons (Fsp3) is 0.455. The summed E-state index contributed by atoms with van der Waals surface area (Å²) >= 11 is 0. The Hall–Kier alpha value is -2.40. The Bertz CT molecular complexity index is 867. The van der Waals surface area contributed by atoms with Crippen molar-refractivity contribution in [3.8, 4) is 22.5 Å². The third-order valence-electron chi connectivity index (χ3n) is 5.09. The summed E-state index contributed by atoms with van der Waals surface area (Å²) in [6, 6.07) is 10.6. The minimum atomic E-state index is -0.621. The lowest BCUT2D eigenvalue weighted by Gasteiger charge is -2.21. The SMILES string of the molecule is Cc1n[nH]c(C)c1-c1c(-c2ccccc2)ncn1C(C)CCCC(C)(C)O. The zero-order chi connectivity index (χ0) is 19.6. The highest BCUT2D eigenvalue weighted by Gasteiger charge is 2.23. The fourth-order valence-corrected chi connectivity index (χ4v) is 3.62. The Morgan fingerprint density at radius 1 is 1.19 bits per heavy atom. The van der Waals surface area contributed by atoms with Gasteiger partial charge in [0.25, 0.3) is 0 Å². The lowest BCUT2D eigenvalue weighted by molar-refractivity contribution is 0.0672. The molecule has 3 rings (SSSR count). The summed E-state index contributed by atoms with van der Waals surface area (Å²) in [5, 5.41) is 17.5. The molecule has 2 N–H and O–H groups in total. The predicted molar refractivity (Wildman–Crippen MR) is 110 cm³/mol. The van der Waals surface area contributed by atoms with Gasteiger partial charge in [0.1, 0.15) is 0 Å². The van der Waals surface area contributed by atoms with Crippen LogP contribution in [0.1, 0.15) is 57.5 Å². The average molecular weight is 367 g/mol. The maximum Gasteiger partial charge on any atom is 0.0964 e. The van der Waals surface area contributed by atoms with Crippen molar-refractivity contribution >= 4 is 0 Å². The van der Waals surface area contributed by atoms with Crippen LogP contribution in [-0.4, -0.2) is 30.5 Å². The summed E-state index contributed by atoms with van der Waals surface area (Å²) in [4.78, 5) is 4.77. The fourth-order valence-electron chi connectivity index (χ4n) is 3.62. The van der Waals surface area contributed by atoms with E-state index in [-0.39, 0.29) is 6.04 Å². The van der Waals surface area contributed by atoms with Gasteiger partial charge in [-0.05, 0) is 53.9 Å². The van der Waals surface area contributed by atoms with Gasteiger partial charge in [0.2, 0.25) is 0 Å². The minimum Gasteiger partial charge on any atom is -0.390 e. The van der Waals surface area contributed by atoms with Gasteiger partial charge in [-0.25, -0.2) is 4.98 Å². The largest absolute Gasteiger partial charge is 0.390 e. The molecule has 0 spiro atoms. The van der Waals surface area contributed by atoms with Crippen LogP contribution in [-0.2, 0) is 0 Å². The summed E-state index contributed by atoms with van der Waals surface area (Å²) < 4.78 is 2.26. The molecule has 0 aliphatic rings. The molecule has 1 atom stereocenters. The molecule has 1 unspecified atom stereocenters. The first-order chi connectivity index (χ1) is 12.8. The van der Waals surface area contributed by atoms with Crippen LogP contribution in [0, 0.1) is 13.8 Å². The van der Waals surface area contributed by atoms with Crippen LogP contribution in [0.2, 0.25) is 0 Å². The van der Waals surface area contributed by atoms with Gasteiger partial charge in [-0.3, -0.25) is 5.10 Å². The second-order valence-corrected chi connectivity index (χ2v) is 8.08. The van der Waals surface area contributed by atoms with E-state index in [0.29, 0.717) is 0 Å². The standard InChI is InChI=1S/C22H30N4O/c1-15(10-9-13-22(4,5)27)26-14-23-20(18-11-7-6-8-12-18)21(26)19-16(2)24-25-17(19)3/h6-8,11-12,14-15,27H,9-10,13H2,1-5H3,(H,24,25). The number of aliphatic hydroxyl groups is 1. The van der Waals surface area contributed by atoms with Crippen molar-refractivity contribution in [2.24, 2.45) is 0 Å². The van der Waals surface area contributed by atoms with Crippen molar-refractivity contribution in [3.63, 3.8) is 0 Å². The van der Waals surface area contributed by atoms with Crippen LogP contribution in [0.15, 0.2) is 36.7 Å². The van der Waals surface area contributed by atoms with E-state index in [1.807, 2.05) is 45.3 Å². The second-order valence-electron chi connectivity index (χ2n) is 8.08. The molecular formula is C22H30N4O. The maximum atomic E-state index is 10.00. The Balaban J connectivity index is 2.01. The Morgan fingerprint density at radius 2 is 1.89 bits per heavy atom. The van der Waals surface area contributed by atoms with Crippen LogP contribution in [0.4, 0.5) is 0 Å². The number of benzene rings is 1. The topological polar surface area (TPSA) is 66.7 Å². The Kier molecular flexibility index (Phi) is 5.51. The second kappa shape index (κ2) is 7.69. The van der Waals surface area contributed by atoms with Crippen molar-refractivity contribution in [1.29, 1.82) is 0 Å². The molecule has 27 heavy (non-hydrogen) atoms. The first kappa shape index (κ1) is 19.4. The number of aromatic nitrogens is 4. The van der Waals surface area contributed by atoms with Crippen LogP contribution in [0.25, 0.3) is 22.5 Å². The minimum absolute atomic E-state index is 0.279. The number of hydrogen-bond acceptors (Lipinski definition) is 3. The van der Waals surface area contributed by atoms with Gasteiger partial charge in [-0.2, -0.15) is 5.10 Å². The van der Waals surface area contributed by atoms with Gasteiger partial charge in [0, 0.05) is 22.9 Å². The molecule has 0 amide bonds. The third kappa shape index (κ3) is 4.30. The molecule has 5 heteroatoms. The number of hydrogen-bond donors (Lipinski definition) is 2. The van der Waals surface area contributed by atoms with E-state index in [1.54, 1.807) is 0 Å². The van der Waals surface area contributed by atoms with Gasteiger partial charge < -0.3 is 9.67 Å². The summed E-state index contributed by atoms with van der Waals surface area (Å²) in [6.45, 7) is 10.0. The average Bonchev–Trinajstić information content (AvgIpc) is 3.17. The van der Waals surface area contributed by atoms with Crippen molar-refractivity contribution in [3.05, 3.63) is 48.0 Å². The van der Waals surface area contributed by atoms with E-state index in [9.17, 15) is 5.11 Å².